The van der Waals surface area contributed by atoms with Crippen LogP contribution in [0.1, 0.15) is 50.5 Å². The lowest BCUT2D eigenvalue weighted by Crippen LogP contribution is -2.28. The highest BCUT2D eigenvalue weighted by atomic mass is 19.1. The predicted octanol–water partition coefficient (Wildman–Crippen LogP) is 4.02. The second-order valence-electron chi connectivity index (χ2n) is 7.78. The SMILES string of the molecule is COc1ccc(C(C)(C)N)c2cc(Cc3ccnc(C(C)(C)F)n3)ncc12. The Bertz CT molecular complexity index is 974. The van der Waals surface area contributed by atoms with Crippen molar-refractivity contribution in [1.29, 1.82) is 0 Å². The van der Waals surface area contributed by atoms with Gasteiger partial charge in [-0.25, -0.2) is 14.4 Å². The second kappa shape index (κ2) is 6.85. The lowest BCUT2D eigenvalue weighted by Gasteiger charge is -2.22. The third-order valence-electron chi connectivity index (χ3n) is 4.44. The summed E-state index contributed by atoms with van der Waals surface area (Å²) < 4.78 is 19.6. The van der Waals surface area contributed by atoms with E-state index in [4.69, 9.17) is 10.5 Å². The summed E-state index contributed by atoms with van der Waals surface area (Å²) in [5.74, 6) is 0.923. The van der Waals surface area contributed by atoms with Crippen LogP contribution in [0.2, 0.25) is 0 Å². The molecule has 0 saturated carbocycles. The van der Waals surface area contributed by atoms with E-state index in [0.717, 1.165) is 27.8 Å². The average molecular weight is 368 g/mol. The van der Waals surface area contributed by atoms with Crippen LogP contribution in [0.3, 0.4) is 0 Å². The van der Waals surface area contributed by atoms with Gasteiger partial charge in [0.2, 0.25) is 0 Å². The zero-order valence-corrected chi connectivity index (χ0v) is 16.4. The molecular formula is C21H25FN4O. The van der Waals surface area contributed by atoms with Gasteiger partial charge in [-0.3, -0.25) is 4.98 Å². The molecule has 1 aromatic carbocycles. The standard InChI is InChI=1S/C21H25FN4O/c1-20(2,22)19-24-9-8-13(26-19)10-14-11-15-16(12-25-14)18(27-5)7-6-17(15)21(3,4)23/h6-9,11-12H,10,23H2,1-5H3. The molecule has 0 aliphatic rings. The van der Waals surface area contributed by atoms with E-state index in [9.17, 15) is 4.39 Å². The Labute approximate surface area is 158 Å². The van der Waals surface area contributed by atoms with Gasteiger partial charge in [-0.15, -0.1) is 0 Å². The summed E-state index contributed by atoms with van der Waals surface area (Å²) in [5, 5.41) is 1.90. The molecule has 2 aromatic heterocycles. The number of benzene rings is 1. The van der Waals surface area contributed by atoms with Crippen molar-refractivity contribution < 1.29 is 9.13 Å². The maximum atomic E-state index is 14.1. The fourth-order valence-corrected chi connectivity index (χ4v) is 3.06. The minimum Gasteiger partial charge on any atom is -0.496 e. The van der Waals surface area contributed by atoms with Crippen molar-refractivity contribution in [1.82, 2.24) is 15.0 Å². The number of aromatic nitrogens is 3. The molecule has 2 heterocycles. The summed E-state index contributed by atoms with van der Waals surface area (Å²) in [6.45, 7) is 6.83. The Hall–Kier alpha value is -2.60. The Morgan fingerprint density at radius 2 is 1.78 bits per heavy atom. The minimum atomic E-state index is -1.59. The number of hydrogen-bond donors (Lipinski definition) is 1. The van der Waals surface area contributed by atoms with Crippen LogP contribution in [0.15, 0.2) is 36.7 Å². The van der Waals surface area contributed by atoms with E-state index in [0.29, 0.717) is 12.1 Å². The van der Waals surface area contributed by atoms with Gasteiger partial charge in [0.05, 0.1) is 12.8 Å². The van der Waals surface area contributed by atoms with Crippen molar-refractivity contribution in [2.75, 3.05) is 7.11 Å². The van der Waals surface area contributed by atoms with Crippen LogP contribution in [-0.4, -0.2) is 22.1 Å². The number of alkyl halides is 1. The molecule has 0 fully saturated rings. The van der Waals surface area contributed by atoms with E-state index < -0.39 is 11.2 Å². The minimum absolute atomic E-state index is 0.172. The third kappa shape index (κ3) is 4.06. The quantitative estimate of drug-likeness (QED) is 0.736. The van der Waals surface area contributed by atoms with Crippen LogP contribution in [0.25, 0.3) is 10.8 Å². The second-order valence-corrected chi connectivity index (χ2v) is 7.78. The molecule has 0 unspecified atom stereocenters. The van der Waals surface area contributed by atoms with Crippen LogP contribution in [0.5, 0.6) is 5.75 Å². The summed E-state index contributed by atoms with van der Waals surface area (Å²) in [6, 6.07) is 7.68. The number of hydrogen-bond acceptors (Lipinski definition) is 5. The number of fused-ring (bicyclic) bond motifs is 1. The Balaban J connectivity index is 2.06. The number of nitrogens with zero attached hydrogens (tertiary/aromatic N) is 3. The molecule has 27 heavy (non-hydrogen) atoms. The van der Waals surface area contributed by atoms with Crippen molar-refractivity contribution in [3.8, 4) is 5.75 Å². The van der Waals surface area contributed by atoms with Gasteiger partial charge >= 0.3 is 0 Å². The van der Waals surface area contributed by atoms with Crippen LogP contribution < -0.4 is 10.5 Å². The van der Waals surface area contributed by atoms with Crippen molar-refractivity contribution in [2.45, 2.75) is 45.3 Å². The fourth-order valence-electron chi connectivity index (χ4n) is 3.06. The zero-order valence-electron chi connectivity index (χ0n) is 16.4. The first kappa shape index (κ1) is 19.2. The lowest BCUT2D eigenvalue weighted by atomic mass is 9.90. The van der Waals surface area contributed by atoms with Gasteiger partial charge in [0.1, 0.15) is 5.75 Å². The number of pyridine rings is 1. The maximum absolute atomic E-state index is 14.1. The van der Waals surface area contributed by atoms with E-state index in [1.807, 2.05) is 32.0 Å². The summed E-state index contributed by atoms with van der Waals surface area (Å²) in [5.41, 5.74) is 6.81. The molecule has 3 aromatic rings. The van der Waals surface area contributed by atoms with Gasteiger partial charge in [0.15, 0.2) is 11.5 Å². The predicted molar refractivity (Wildman–Crippen MR) is 104 cm³/mol. The molecule has 6 heteroatoms. The molecule has 0 radical (unpaired) electrons. The largest absolute Gasteiger partial charge is 0.496 e. The Morgan fingerprint density at radius 3 is 2.41 bits per heavy atom. The molecule has 0 aliphatic heterocycles. The highest BCUT2D eigenvalue weighted by Crippen LogP contribution is 2.33. The van der Waals surface area contributed by atoms with Gasteiger partial charge < -0.3 is 10.5 Å². The van der Waals surface area contributed by atoms with Crippen molar-refractivity contribution in [3.63, 3.8) is 0 Å². The topological polar surface area (TPSA) is 73.9 Å². The lowest BCUT2D eigenvalue weighted by molar-refractivity contribution is 0.206. The number of methoxy groups -OCH3 is 1. The zero-order chi connectivity index (χ0) is 19.8. The van der Waals surface area contributed by atoms with Crippen molar-refractivity contribution in [3.05, 3.63) is 59.4 Å². The molecule has 0 bridgehead atoms. The third-order valence-corrected chi connectivity index (χ3v) is 4.44. The van der Waals surface area contributed by atoms with E-state index in [2.05, 4.69) is 15.0 Å². The first-order chi connectivity index (χ1) is 12.6. The van der Waals surface area contributed by atoms with Crippen LogP contribution in [0.4, 0.5) is 4.39 Å². The van der Waals surface area contributed by atoms with Gasteiger partial charge in [-0.05, 0) is 56.8 Å². The smallest absolute Gasteiger partial charge is 0.165 e. The van der Waals surface area contributed by atoms with Gasteiger partial charge in [0.25, 0.3) is 0 Å². The van der Waals surface area contributed by atoms with Gasteiger partial charge in [-0.1, -0.05) is 6.07 Å². The maximum Gasteiger partial charge on any atom is 0.165 e. The fraction of sp³-hybridized carbons (Fsp3) is 0.381. The Morgan fingerprint density at radius 1 is 1.04 bits per heavy atom. The highest BCUT2D eigenvalue weighted by Gasteiger charge is 2.23. The van der Waals surface area contributed by atoms with Crippen molar-refractivity contribution >= 4 is 10.8 Å². The molecule has 2 N–H and O–H groups in total. The molecule has 0 atom stereocenters. The van der Waals surface area contributed by atoms with E-state index in [1.54, 1.807) is 25.6 Å². The highest BCUT2D eigenvalue weighted by molar-refractivity contribution is 5.91. The molecule has 3 rings (SSSR count). The number of halogens is 1. The van der Waals surface area contributed by atoms with E-state index in [1.165, 1.54) is 13.8 Å². The molecule has 0 aliphatic carbocycles. The van der Waals surface area contributed by atoms with Crippen LogP contribution >= 0.6 is 0 Å². The molecule has 142 valence electrons. The first-order valence-electron chi connectivity index (χ1n) is 8.86. The Kier molecular flexibility index (Phi) is 4.86. The number of rotatable bonds is 5. The van der Waals surface area contributed by atoms with Gasteiger partial charge in [0, 0.05) is 35.4 Å². The van der Waals surface area contributed by atoms with Crippen LogP contribution in [0, 0.1) is 0 Å². The summed E-state index contributed by atoms with van der Waals surface area (Å²) in [6.07, 6.45) is 3.85. The molecule has 5 nitrogen and oxygen atoms in total. The summed E-state index contributed by atoms with van der Waals surface area (Å²) >= 11 is 0. The van der Waals surface area contributed by atoms with E-state index >= 15 is 0 Å². The van der Waals surface area contributed by atoms with Crippen molar-refractivity contribution in [2.24, 2.45) is 5.73 Å². The van der Waals surface area contributed by atoms with Gasteiger partial charge in [-0.2, -0.15) is 0 Å². The number of nitrogens with two attached hydrogens (primary N) is 1. The number of ether oxygens (including phenoxy) is 1. The normalized spacial score (nSPS) is 12.4. The summed E-state index contributed by atoms with van der Waals surface area (Å²) in [4.78, 5) is 12.9. The van der Waals surface area contributed by atoms with E-state index in [-0.39, 0.29) is 5.82 Å². The monoisotopic (exact) mass is 368 g/mol. The molecule has 0 amide bonds. The summed E-state index contributed by atoms with van der Waals surface area (Å²) in [7, 11) is 1.64. The molecule has 0 saturated heterocycles. The van der Waals surface area contributed by atoms with Crippen LogP contribution in [-0.2, 0) is 17.6 Å². The average Bonchev–Trinajstić information content (AvgIpc) is 2.59. The molecule has 0 spiro atoms. The first-order valence-corrected chi connectivity index (χ1v) is 8.86. The molecular weight excluding hydrogens is 343 g/mol.